The van der Waals surface area contributed by atoms with Crippen LogP contribution in [0.2, 0.25) is 0 Å². The van der Waals surface area contributed by atoms with Gasteiger partial charge in [0.1, 0.15) is 0 Å². The molecule has 0 spiro atoms. The number of aromatic nitrogens is 2. The molecule has 0 N–H and O–H groups in total. The van der Waals surface area contributed by atoms with Crippen molar-refractivity contribution in [3.05, 3.63) is 151 Å². The van der Waals surface area contributed by atoms with Gasteiger partial charge in [-0.1, -0.05) is 96.0 Å². The second kappa shape index (κ2) is 10.9. The minimum absolute atomic E-state index is 0.100. The summed E-state index contributed by atoms with van der Waals surface area (Å²) in [5.74, 6) is 0. The summed E-state index contributed by atoms with van der Waals surface area (Å²) in [5, 5.41) is 0.685. The largest absolute Gasteiger partial charge is 0.316 e. The van der Waals surface area contributed by atoms with Crippen LogP contribution in [0.15, 0.2) is 140 Å². The van der Waals surface area contributed by atoms with Crippen molar-refractivity contribution in [2.45, 2.75) is 52.4 Å². The molecule has 45 heavy (non-hydrogen) atoms. The summed E-state index contributed by atoms with van der Waals surface area (Å²) in [6.07, 6.45) is 0.201. The van der Waals surface area contributed by atoms with Gasteiger partial charge in [0.05, 0.1) is 24.7 Å². The molecule has 3 heteroatoms. The summed E-state index contributed by atoms with van der Waals surface area (Å²) in [4.78, 5) is 2.04. The molecule has 0 unspecified atom stereocenters. The standard InChI is InChI=1S/C42H41N3/c1-41(2,3)37-28-43(39-18-12-10-16-35(37)39)30-20-24-33(25-21-30)45(32-14-8-7-9-15-32)34-26-22-31(23-27-34)44-29-38(42(4,5)6)36-17-11-13-19-40(36)44/h7-29H,1-6H3/i10D,11D,12D,13D,16D,17D,18D,19D,28D,29D. The molecule has 0 aliphatic rings. The van der Waals surface area contributed by atoms with Gasteiger partial charge in [0.25, 0.3) is 0 Å². The van der Waals surface area contributed by atoms with E-state index in [0.717, 1.165) is 17.1 Å². The zero-order chi connectivity index (χ0) is 40.0. The maximum absolute atomic E-state index is 9.25. The molecule has 224 valence electrons. The highest BCUT2D eigenvalue weighted by atomic mass is 15.1. The second-order valence-corrected chi connectivity index (χ2v) is 13.3. The minimum atomic E-state index is -0.573. The van der Waals surface area contributed by atoms with Crippen LogP contribution in [0.1, 0.15) is 66.4 Å². The van der Waals surface area contributed by atoms with Crippen molar-refractivity contribution in [3.63, 3.8) is 0 Å². The number of fused-ring (bicyclic) bond motifs is 2. The number of benzene rings is 5. The average molecular weight is 598 g/mol. The summed E-state index contributed by atoms with van der Waals surface area (Å²) in [5.41, 5.74) is 4.02. The van der Waals surface area contributed by atoms with Crippen LogP contribution in [-0.2, 0) is 10.8 Å². The topological polar surface area (TPSA) is 13.1 Å². The minimum Gasteiger partial charge on any atom is -0.316 e. The van der Waals surface area contributed by atoms with Gasteiger partial charge in [0.15, 0.2) is 0 Å². The Morgan fingerprint density at radius 2 is 0.867 bits per heavy atom. The molecule has 0 aliphatic heterocycles. The lowest BCUT2D eigenvalue weighted by molar-refractivity contribution is 0.594. The molecule has 0 saturated heterocycles. The van der Waals surface area contributed by atoms with E-state index >= 15 is 0 Å². The molecule has 0 aliphatic carbocycles. The quantitative estimate of drug-likeness (QED) is 0.192. The lowest BCUT2D eigenvalue weighted by atomic mass is 9.87. The number of hydrogen-bond donors (Lipinski definition) is 0. The first-order valence-electron chi connectivity index (χ1n) is 20.1. The molecular weight excluding hydrogens is 546 g/mol. The summed E-state index contributed by atoms with van der Waals surface area (Å²) >= 11 is 0. The summed E-state index contributed by atoms with van der Waals surface area (Å²) in [7, 11) is 0. The molecule has 2 heterocycles. The van der Waals surface area contributed by atoms with Gasteiger partial charge in [0.2, 0.25) is 0 Å². The molecule has 0 amide bonds. The molecule has 7 aromatic rings. The van der Waals surface area contributed by atoms with Gasteiger partial charge in [-0.2, -0.15) is 0 Å². The number of anilines is 3. The Balaban J connectivity index is 1.38. The van der Waals surface area contributed by atoms with Crippen molar-refractivity contribution in [2.75, 3.05) is 4.90 Å². The van der Waals surface area contributed by atoms with Crippen LogP contribution in [0.5, 0.6) is 0 Å². The van der Waals surface area contributed by atoms with Crippen molar-refractivity contribution in [3.8, 4) is 11.4 Å². The van der Waals surface area contributed by atoms with E-state index in [-0.39, 0.29) is 71.7 Å². The van der Waals surface area contributed by atoms with Crippen molar-refractivity contribution >= 4 is 38.9 Å². The van der Waals surface area contributed by atoms with Gasteiger partial charge in [-0.15, -0.1) is 0 Å². The van der Waals surface area contributed by atoms with Crippen LogP contribution in [0.4, 0.5) is 17.1 Å². The van der Waals surface area contributed by atoms with E-state index in [0.29, 0.717) is 33.3 Å². The highest BCUT2D eigenvalue weighted by Crippen LogP contribution is 2.38. The van der Waals surface area contributed by atoms with Gasteiger partial charge in [-0.05, 0) is 94.7 Å². The van der Waals surface area contributed by atoms with Crippen LogP contribution in [-0.4, -0.2) is 9.13 Å². The third kappa shape index (κ3) is 5.23. The van der Waals surface area contributed by atoms with E-state index in [9.17, 15) is 2.74 Å². The van der Waals surface area contributed by atoms with E-state index in [2.05, 4.69) is 0 Å². The number of rotatable bonds is 5. The normalized spacial score (nSPS) is 15.3. The lowest BCUT2D eigenvalue weighted by Gasteiger charge is -2.26. The van der Waals surface area contributed by atoms with Crippen LogP contribution < -0.4 is 4.90 Å². The Kier molecular flexibility index (Phi) is 4.67. The van der Waals surface area contributed by atoms with Crippen LogP contribution in [0.25, 0.3) is 33.2 Å². The third-order valence-corrected chi connectivity index (χ3v) is 7.98. The highest BCUT2D eigenvalue weighted by Gasteiger charge is 2.22. The van der Waals surface area contributed by atoms with Gasteiger partial charge in [-0.3, -0.25) is 0 Å². The van der Waals surface area contributed by atoms with E-state index < -0.39 is 10.8 Å². The van der Waals surface area contributed by atoms with Crippen molar-refractivity contribution in [2.24, 2.45) is 0 Å². The monoisotopic (exact) mass is 597 g/mol. The zero-order valence-electron chi connectivity index (χ0n) is 36.3. The average Bonchev–Trinajstić information content (AvgIpc) is 3.64. The smallest absolute Gasteiger partial charge is 0.0826 e. The fourth-order valence-corrected chi connectivity index (χ4v) is 5.75. The molecule has 0 radical (unpaired) electrons. The fraction of sp³-hybridized carbons (Fsp3) is 0.190. The third-order valence-electron chi connectivity index (χ3n) is 7.98. The predicted octanol–water partition coefficient (Wildman–Crippen LogP) is 11.6. The SMILES string of the molecule is [2H]c1c([2H])c([2H])c2c(c1[2H])c(C(C)(C)C)c([2H])n2-c1ccc(N(c2ccccc2)c2ccc(-n3c([2H])c(C(C)(C)C)c4c([2H])c([2H])c([2H])c([2H])c43)cc2)cc1. The maximum Gasteiger partial charge on any atom is 0.0826 e. The number of nitrogens with zero attached hydrogens (tertiary/aromatic N) is 3. The summed E-state index contributed by atoms with van der Waals surface area (Å²) in [6, 6.07) is 22.6. The maximum atomic E-state index is 9.25. The molecule has 0 bridgehead atoms. The van der Waals surface area contributed by atoms with Gasteiger partial charge in [-0.25, -0.2) is 0 Å². The van der Waals surface area contributed by atoms with Crippen molar-refractivity contribution < 1.29 is 13.7 Å². The molecule has 7 rings (SSSR count). The van der Waals surface area contributed by atoms with Crippen molar-refractivity contribution in [1.82, 2.24) is 9.13 Å². The van der Waals surface area contributed by atoms with E-state index in [4.69, 9.17) is 11.0 Å². The molecule has 0 atom stereocenters. The molecular formula is C42H41N3. The number of hydrogen-bond acceptors (Lipinski definition) is 1. The second-order valence-electron chi connectivity index (χ2n) is 13.3. The first-order chi connectivity index (χ1) is 25.8. The van der Waals surface area contributed by atoms with E-state index in [1.807, 2.05) is 125 Å². The highest BCUT2D eigenvalue weighted by molar-refractivity contribution is 5.88. The zero-order valence-corrected chi connectivity index (χ0v) is 26.3. The summed E-state index contributed by atoms with van der Waals surface area (Å²) in [6.45, 7) is 11.6. The Morgan fingerprint density at radius 3 is 1.27 bits per heavy atom. The van der Waals surface area contributed by atoms with Crippen LogP contribution in [0, 0.1) is 0 Å². The molecule has 3 nitrogen and oxygen atoms in total. The first kappa shape index (κ1) is 19.4. The molecule has 2 aromatic heterocycles. The molecule has 5 aromatic carbocycles. The Labute approximate surface area is 281 Å². The van der Waals surface area contributed by atoms with Gasteiger partial charge < -0.3 is 14.0 Å². The van der Waals surface area contributed by atoms with Crippen molar-refractivity contribution in [1.29, 1.82) is 0 Å². The lowest BCUT2D eigenvalue weighted by Crippen LogP contribution is -2.11. The van der Waals surface area contributed by atoms with E-state index in [1.54, 1.807) is 9.13 Å². The summed E-state index contributed by atoms with van der Waals surface area (Å²) < 4.78 is 90.4. The predicted molar refractivity (Wildman–Crippen MR) is 192 cm³/mol. The molecule has 0 saturated carbocycles. The Hall–Kier alpha value is -5.02. The Morgan fingerprint density at radius 1 is 0.489 bits per heavy atom. The first-order valence-corrected chi connectivity index (χ1v) is 15.1. The van der Waals surface area contributed by atoms with E-state index in [1.165, 1.54) is 0 Å². The van der Waals surface area contributed by atoms with Gasteiger partial charge >= 0.3 is 0 Å². The van der Waals surface area contributed by atoms with Gasteiger partial charge in [0, 0.05) is 51.6 Å². The van der Waals surface area contributed by atoms with Crippen LogP contribution in [0.3, 0.4) is 0 Å². The fourth-order valence-electron chi connectivity index (χ4n) is 5.75. The Bertz CT molecular complexity index is 2480. The van der Waals surface area contributed by atoms with Crippen LogP contribution >= 0.6 is 0 Å². The molecule has 0 fully saturated rings. The number of para-hydroxylation sites is 3.